The number of likely N-dealkylation sites (tertiary alicyclic amines) is 1. The average molecular weight is 244 g/mol. The molecule has 0 aromatic carbocycles. The number of β-amino-alcohol motifs (C(OH)–C–C–N with tert-alkyl or cyclic N) is 1. The number of hydrogen-bond donors (Lipinski definition) is 2. The molecule has 2 N–H and O–H groups in total. The number of aliphatic hydroxyl groups excluding tert-OH is 1. The topological polar surface area (TPSA) is 44.7 Å². The largest absolute Gasteiger partial charge is 0.390 e. The van der Waals surface area contributed by atoms with Gasteiger partial charge < -0.3 is 20.1 Å². The maximum Gasteiger partial charge on any atom is 0.0791 e. The monoisotopic (exact) mass is 244 g/mol. The van der Waals surface area contributed by atoms with Crippen LogP contribution in [0.15, 0.2) is 0 Å². The van der Waals surface area contributed by atoms with Gasteiger partial charge in [-0.3, -0.25) is 0 Å². The Morgan fingerprint density at radius 1 is 1.53 bits per heavy atom. The highest BCUT2D eigenvalue weighted by Crippen LogP contribution is 2.18. The lowest BCUT2D eigenvalue weighted by Gasteiger charge is -2.33. The van der Waals surface area contributed by atoms with Crippen molar-refractivity contribution in [2.24, 2.45) is 5.92 Å². The van der Waals surface area contributed by atoms with E-state index in [1.165, 1.54) is 19.3 Å². The van der Waals surface area contributed by atoms with Gasteiger partial charge in [0.05, 0.1) is 12.7 Å². The summed E-state index contributed by atoms with van der Waals surface area (Å²) in [6, 6.07) is 0. The zero-order valence-corrected chi connectivity index (χ0v) is 11.3. The van der Waals surface area contributed by atoms with Crippen LogP contribution >= 0.6 is 0 Å². The van der Waals surface area contributed by atoms with Crippen molar-refractivity contribution >= 4 is 0 Å². The Hall–Kier alpha value is -0.160. The van der Waals surface area contributed by atoms with Crippen molar-refractivity contribution in [3.05, 3.63) is 0 Å². The quantitative estimate of drug-likeness (QED) is 0.617. The minimum absolute atomic E-state index is 0.262. The molecule has 4 nitrogen and oxygen atoms in total. The van der Waals surface area contributed by atoms with E-state index >= 15 is 0 Å². The van der Waals surface area contributed by atoms with Gasteiger partial charge in [-0.2, -0.15) is 0 Å². The van der Waals surface area contributed by atoms with Crippen molar-refractivity contribution in [3.63, 3.8) is 0 Å². The van der Waals surface area contributed by atoms with Crippen LogP contribution in [0.4, 0.5) is 0 Å². The third-order valence-electron chi connectivity index (χ3n) is 3.51. The Morgan fingerprint density at radius 3 is 3.06 bits per heavy atom. The highest BCUT2D eigenvalue weighted by atomic mass is 16.5. The summed E-state index contributed by atoms with van der Waals surface area (Å²) in [5.74, 6) is 0.831. The molecular weight excluding hydrogens is 216 g/mol. The predicted molar refractivity (Wildman–Crippen MR) is 70.2 cm³/mol. The molecule has 0 aromatic rings. The summed E-state index contributed by atoms with van der Waals surface area (Å²) in [7, 11) is 1.69. The van der Waals surface area contributed by atoms with E-state index in [4.69, 9.17) is 4.74 Å². The molecule has 0 saturated carbocycles. The minimum Gasteiger partial charge on any atom is -0.390 e. The second-order valence-corrected chi connectivity index (χ2v) is 5.03. The van der Waals surface area contributed by atoms with E-state index in [0.717, 1.165) is 32.1 Å². The summed E-state index contributed by atoms with van der Waals surface area (Å²) >= 11 is 0. The van der Waals surface area contributed by atoms with Gasteiger partial charge in [0, 0.05) is 33.3 Å². The lowest BCUT2D eigenvalue weighted by atomic mass is 9.95. The first-order valence-electron chi connectivity index (χ1n) is 6.86. The summed E-state index contributed by atoms with van der Waals surface area (Å²) in [6.07, 6.45) is 3.64. The number of methoxy groups -OCH3 is 1. The first kappa shape index (κ1) is 14.9. The molecule has 1 heterocycles. The molecule has 1 aliphatic rings. The van der Waals surface area contributed by atoms with Crippen LogP contribution in [0.25, 0.3) is 0 Å². The molecule has 1 fully saturated rings. The van der Waals surface area contributed by atoms with Crippen molar-refractivity contribution in [2.75, 3.05) is 46.4 Å². The van der Waals surface area contributed by atoms with E-state index in [1.807, 2.05) is 0 Å². The molecule has 0 aliphatic carbocycles. The van der Waals surface area contributed by atoms with E-state index < -0.39 is 0 Å². The SMILES string of the molecule is CCC1CCCN(CC(O)CNCCOC)C1. The number of ether oxygens (including phenoxy) is 1. The number of aliphatic hydroxyl groups is 1. The standard InChI is InChI=1S/C13H28N2O2/c1-3-12-5-4-7-15(10-12)11-13(16)9-14-6-8-17-2/h12-14,16H,3-11H2,1-2H3. The molecule has 0 radical (unpaired) electrons. The molecule has 4 heteroatoms. The molecule has 102 valence electrons. The molecular formula is C13H28N2O2. The van der Waals surface area contributed by atoms with Crippen LogP contribution in [0.5, 0.6) is 0 Å². The van der Waals surface area contributed by atoms with Crippen LogP contribution in [0.2, 0.25) is 0 Å². The van der Waals surface area contributed by atoms with Gasteiger partial charge in [0.1, 0.15) is 0 Å². The fourth-order valence-electron chi connectivity index (χ4n) is 2.46. The smallest absolute Gasteiger partial charge is 0.0791 e. The fraction of sp³-hybridized carbons (Fsp3) is 1.00. The number of hydrogen-bond acceptors (Lipinski definition) is 4. The molecule has 0 bridgehead atoms. The van der Waals surface area contributed by atoms with Crippen LogP contribution in [0.1, 0.15) is 26.2 Å². The maximum atomic E-state index is 9.91. The molecule has 1 rings (SSSR count). The van der Waals surface area contributed by atoms with Crippen LogP contribution in [-0.2, 0) is 4.74 Å². The van der Waals surface area contributed by atoms with E-state index in [2.05, 4.69) is 17.1 Å². The van der Waals surface area contributed by atoms with Crippen molar-refractivity contribution in [1.29, 1.82) is 0 Å². The normalized spacial score (nSPS) is 23.8. The van der Waals surface area contributed by atoms with Crippen molar-refractivity contribution in [1.82, 2.24) is 10.2 Å². The second-order valence-electron chi connectivity index (χ2n) is 5.03. The third kappa shape index (κ3) is 6.36. The zero-order valence-electron chi connectivity index (χ0n) is 11.3. The minimum atomic E-state index is -0.262. The van der Waals surface area contributed by atoms with E-state index in [0.29, 0.717) is 13.2 Å². The first-order chi connectivity index (χ1) is 8.26. The summed E-state index contributed by atoms with van der Waals surface area (Å²) in [5, 5.41) is 13.1. The van der Waals surface area contributed by atoms with Gasteiger partial charge in [-0.05, 0) is 25.3 Å². The molecule has 0 aromatic heterocycles. The number of nitrogens with one attached hydrogen (secondary N) is 1. The number of nitrogens with zero attached hydrogens (tertiary/aromatic N) is 1. The lowest BCUT2D eigenvalue weighted by molar-refractivity contribution is 0.0817. The predicted octanol–water partition coefficient (Wildman–Crippen LogP) is 0.705. The summed E-state index contributed by atoms with van der Waals surface area (Å²) < 4.78 is 4.95. The molecule has 17 heavy (non-hydrogen) atoms. The van der Waals surface area contributed by atoms with Gasteiger partial charge in [-0.25, -0.2) is 0 Å². The van der Waals surface area contributed by atoms with Gasteiger partial charge in [-0.15, -0.1) is 0 Å². The van der Waals surface area contributed by atoms with Crippen LogP contribution < -0.4 is 5.32 Å². The average Bonchev–Trinajstić information content (AvgIpc) is 2.35. The van der Waals surface area contributed by atoms with Crippen LogP contribution in [-0.4, -0.2) is 62.6 Å². The van der Waals surface area contributed by atoms with Crippen molar-refractivity contribution < 1.29 is 9.84 Å². The van der Waals surface area contributed by atoms with Crippen LogP contribution in [0.3, 0.4) is 0 Å². The van der Waals surface area contributed by atoms with Gasteiger partial charge in [0.25, 0.3) is 0 Å². The molecule has 2 atom stereocenters. The van der Waals surface area contributed by atoms with Gasteiger partial charge in [0.15, 0.2) is 0 Å². The lowest BCUT2D eigenvalue weighted by Crippen LogP contribution is -2.43. The molecule has 1 aliphatic heterocycles. The highest BCUT2D eigenvalue weighted by molar-refractivity contribution is 4.75. The Bertz CT molecular complexity index is 190. The second kappa shape index (κ2) is 8.86. The van der Waals surface area contributed by atoms with Gasteiger partial charge >= 0.3 is 0 Å². The zero-order chi connectivity index (χ0) is 12.5. The summed E-state index contributed by atoms with van der Waals surface area (Å²) in [4.78, 5) is 2.40. The highest BCUT2D eigenvalue weighted by Gasteiger charge is 2.20. The summed E-state index contributed by atoms with van der Waals surface area (Å²) in [5.41, 5.74) is 0. The van der Waals surface area contributed by atoms with Crippen LogP contribution in [0, 0.1) is 5.92 Å². The molecule has 1 saturated heterocycles. The fourth-order valence-corrected chi connectivity index (χ4v) is 2.46. The Kier molecular flexibility index (Phi) is 7.77. The van der Waals surface area contributed by atoms with E-state index in [-0.39, 0.29) is 6.10 Å². The molecule has 0 spiro atoms. The Balaban J connectivity index is 2.10. The molecule has 0 amide bonds. The Labute approximate surface area is 105 Å². The molecule has 2 unspecified atom stereocenters. The van der Waals surface area contributed by atoms with Gasteiger partial charge in [0.2, 0.25) is 0 Å². The summed E-state index contributed by atoms with van der Waals surface area (Å²) in [6.45, 7) is 7.54. The van der Waals surface area contributed by atoms with E-state index in [9.17, 15) is 5.11 Å². The van der Waals surface area contributed by atoms with Crippen molar-refractivity contribution in [2.45, 2.75) is 32.3 Å². The van der Waals surface area contributed by atoms with Crippen molar-refractivity contribution in [3.8, 4) is 0 Å². The number of rotatable bonds is 8. The Morgan fingerprint density at radius 2 is 2.35 bits per heavy atom. The first-order valence-corrected chi connectivity index (χ1v) is 6.86. The third-order valence-corrected chi connectivity index (χ3v) is 3.51. The maximum absolute atomic E-state index is 9.91. The van der Waals surface area contributed by atoms with E-state index in [1.54, 1.807) is 7.11 Å². The van der Waals surface area contributed by atoms with Gasteiger partial charge in [-0.1, -0.05) is 13.3 Å². The number of piperidine rings is 1.